The molecule has 0 aliphatic carbocycles. The van der Waals surface area contributed by atoms with Crippen molar-refractivity contribution in [3.8, 4) is 5.69 Å². The van der Waals surface area contributed by atoms with E-state index in [1.54, 1.807) is 6.33 Å². The van der Waals surface area contributed by atoms with Crippen LogP contribution < -0.4 is 0 Å². The third-order valence-electron chi connectivity index (χ3n) is 3.62. The Morgan fingerprint density at radius 3 is 2.65 bits per heavy atom. The Labute approximate surface area is 140 Å². The first-order chi connectivity index (χ1) is 11.2. The molecule has 0 amide bonds. The molecule has 0 N–H and O–H groups in total. The minimum absolute atomic E-state index is 0.655. The molecular formula is C16H20N6S. The second kappa shape index (κ2) is 6.89. The molecule has 1 aromatic carbocycles. The van der Waals surface area contributed by atoms with Gasteiger partial charge in [0.05, 0.1) is 18.6 Å². The van der Waals surface area contributed by atoms with E-state index < -0.39 is 0 Å². The summed E-state index contributed by atoms with van der Waals surface area (Å²) in [7, 11) is 2.05. The predicted octanol–water partition coefficient (Wildman–Crippen LogP) is 2.71. The molecule has 0 saturated carbocycles. The van der Waals surface area contributed by atoms with E-state index in [1.165, 1.54) is 0 Å². The van der Waals surface area contributed by atoms with Crippen molar-refractivity contribution < 1.29 is 0 Å². The maximum atomic E-state index is 5.40. The Kier molecular flexibility index (Phi) is 4.68. The van der Waals surface area contributed by atoms with Crippen molar-refractivity contribution >= 4 is 12.2 Å². The highest BCUT2D eigenvalue weighted by Gasteiger charge is 2.07. The van der Waals surface area contributed by atoms with Crippen LogP contribution in [0.25, 0.3) is 5.69 Å². The fraction of sp³-hybridized carbons (Fsp3) is 0.312. The van der Waals surface area contributed by atoms with Gasteiger partial charge >= 0.3 is 0 Å². The summed E-state index contributed by atoms with van der Waals surface area (Å²) in [6, 6.07) is 10.1. The topological polar surface area (TPSA) is 43.8 Å². The first-order valence-corrected chi connectivity index (χ1v) is 7.98. The fourth-order valence-corrected chi connectivity index (χ4v) is 2.72. The molecule has 0 unspecified atom stereocenters. The van der Waals surface area contributed by atoms with Crippen molar-refractivity contribution in [2.75, 3.05) is 7.05 Å². The lowest BCUT2D eigenvalue weighted by Gasteiger charge is -2.15. The van der Waals surface area contributed by atoms with Crippen LogP contribution in [-0.4, -0.2) is 36.1 Å². The van der Waals surface area contributed by atoms with E-state index >= 15 is 0 Å². The number of para-hydroxylation sites is 1. The van der Waals surface area contributed by atoms with Gasteiger partial charge in [0.1, 0.15) is 6.33 Å². The number of hydrogen-bond donors (Lipinski definition) is 0. The van der Waals surface area contributed by atoms with E-state index in [-0.39, 0.29) is 0 Å². The van der Waals surface area contributed by atoms with Crippen LogP contribution in [0.1, 0.15) is 12.5 Å². The number of hydrogen-bond acceptors (Lipinski definition) is 4. The normalized spacial score (nSPS) is 11.3. The van der Waals surface area contributed by atoms with Crippen LogP contribution in [0.5, 0.6) is 0 Å². The van der Waals surface area contributed by atoms with Crippen LogP contribution in [0, 0.1) is 4.77 Å². The number of benzene rings is 1. The van der Waals surface area contributed by atoms with Crippen molar-refractivity contribution in [1.29, 1.82) is 0 Å². The molecule has 0 atom stereocenters. The summed E-state index contributed by atoms with van der Waals surface area (Å²) >= 11 is 5.40. The highest BCUT2D eigenvalue weighted by atomic mass is 32.1. The molecule has 7 heteroatoms. The summed E-state index contributed by atoms with van der Waals surface area (Å²) in [4.78, 5) is 2.16. The molecule has 0 fully saturated rings. The average Bonchev–Trinajstić information content (AvgIpc) is 3.16. The maximum absolute atomic E-state index is 5.40. The van der Waals surface area contributed by atoms with Gasteiger partial charge in [-0.1, -0.05) is 18.2 Å². The maximum Gasteiger partial charge on any atom is 0.198 e. The summed E-state index contributed by atoms with van der Waals surface area (Å²) in [6.45, 7) is 4.34. The molecule has 0 aliphatic rings. The molecule has 0 spiro atoms. The van der Waals surface area contributed by atoms with Gasteiger partial charge in [0.2, 0.25) is 0 Å². The van der Waals surface area contributed by atoms with Gasteiger partial charge in [0.25, 0.3) is 0 Å². The molecule has 3 rings (SSSR count). The van der Waals surface area contributed by atoms with Crippen molar-refractivity contribution in [3.63, 3.8) is 0 Å². The number of aryl methyl sites for hydroxylation is 1. The summed E-state index contributed by atoms with van der Waals surface area (Å²) < 4.78 is 6.43. The van der Waals surface area contributed by atoms with Gasteiger partial charge in [0.15, 0.2) is 4.77 Å². The smallest absolute Gasteiger partial charge is 0.198 e. The molecule has 2 heterocycles. The second-order valence-corrected chi connectivity index (χ2v) is 5.85. The lowest BCUT2D eigenvalue weighted by molar-refractivity contribution is 0.243. The number of aromatic nitrogens is 5. The third kappa shape index (κ3) is 3.57. The van der Waals surface area contributed by atoms with Crippen molar-refractivity contribution in [2.24, 2.45) is 0 Å². The first-order valence-electron chi connectivity index (χ1n) is 7.57. The van der Waals surface area contributed by atoms with Gasteiger partial charge in [-0.2, -0.15) is 10.2 Å². The van der Waals surface area contributed by atoms with Gasteiger partial charge in [-0.05, 0) is 38.3 Å². The Hall–Kier alpha value is -2.25. The van der Waals surface area contributed by atoms with E-state index in [1.807, 2.05) is 57.5 Å². The Morgan fingerprint density at radius 1 is 1.17 bits per heavy atom. The van der Waals surface area contributed by atoms with Gasteiger partial charge < -0.3 is 4.57 Å². The Bertz CT molecular complexity index is 816. The molecule has 6 nitrogen and oxygen atoms in total. The summed E-state index contributed by atoms with van der Waals surface area (Å²) in [5.41, 5.74) is 2.21. The van der Waals surface area contributed by atoms with E-state index in [9.17, 15) is 0 Å². The minimum atomic E-state index is 0.655. The standard InChI is InChI=1S/C16H20N6S/c1-3-20-12-18-22(16(20)23)13-19(2)10-14-9-17-21(11-14)15-7-5-4-6-8-15/h4-9,11-12H,3,10,13H2,1-2H3. The van der Waals surface area contributed by atoms with Gasteiger partial charge in [0, 0.05) is 24.8 Å². The summed E-state index contributed by atoms with van der Waals surface area (Å²) in [5, 5.41) is 8.76. The largest absolute Gasteiger partial charge is 0.307 e. The predicted molar refractivity (Wildman–Crippen MR) is 91.8 cm³/mol. The van der Waals surface area contributed by atoms with Gasteiger partial charge in [-0.25, -0.2) is 9.36 Å². The lowest BCUT2D eigenvalue weighted by Crippen LogP contribution is -2.22. The van der Waals surface area contributed by atoms with Crippen LogP contribution in [0.4, 0.5) is 0 Å². The van der Waals surface area contributed by atoms with Crippen molar-refractivity contribution in [1.82, 2.24) is 29.0 Å². The zero-order valence-corrected chi connectivity index (χ0v) is 14.1. The van der Waals surface area contributed by atoms with Crippen LogP contribution in [0.2, 0.25) is 0 Å². The van der Waals surface area contributed by atoms with E-state index in [0.29, 0.717) is 6.67 Å². The monoisotopic (exact) mass is 328 g/mol. The molecule has 2 aromatic heterocycles. The van der Waals surface area contributed by atoms with E-state index in [2.05, 4.69) is 28.2 Å². The van der Waals surface area contributed by atoms with Gasteiger partial charge in [-0.3, -0.25) is 4.90 Å². The first kappa shape index (κ1) is 15.6. The van der Waals surface area contributed by atoms with Crippen LogP contribution in [-0.2, 0) is 19.8 Å². The molecule has 0 radical (unpaired) electrons. The van der Waals surface area contributed by atoms with Crippen molar-refractivity contribution in [3.05, 3.63) is 59.4 Å². The molecular weight excluding hydrogens is 308 g/mol. The Balaban J connectivity index is 1.66. The molecule has 0 bridgehead atoms. The highest BCUT2D eigenvalue weighted by Crippen LogP contribution is 2.09. The zero-order chi connectivity index (χ0) is 16.2. The van der Waals surface area contributed by atoms with Crippen LogP contribution in [0.3, 0.4) is 0 Å². The quantitative estimate of drug-likeness (QED) is 0.653. The average molecular weight is 328 g/mol. The number of rotatable bonds is 6. The molecule has 23 heavy (non-hydrogen) atoms. The second-order valence-electron chi connectivity index (χ2n) is 5.48. The van der Waals surface area contributed by atoms with Gasteiger partial charge in [-0.15, -0.1) is 0 Å². The Morgan fingerprint density at radius 2 is 1.96 bits per heavy atom. The third-order valence-corrected chi connectivity index (χ3v) is 4.07. The van der Waals surface area contributed by atoms with E-state index in [0.717, 1.165) is 29.1 Å². The number of nitrogens with zero attached hydrogens (tertiary/aromatic N) is 6. The highest BCUT2D eigenvalue weighted by molar-refractivity contribution is 7.71. The lowest BCUT2D eigenvalue weighted by atomic mass is 10.3. The van der Waals surface area contributed by atoms with E-state index in [4.69, 9.17) is 12.2 Å². The van der Waals surface area contributed by atoms with Crippen LogP contribution in [0.15, 0.2) is 49.1 Å². The molecule has 0 aliphatic heterocycles. The zero-order valence-electron chi connectivity index (χ0n) is 13.3. The summed E-state index contributed by atoms with van der Waals surface area (Å²) in [5.74, 6) is 0. The molecule has 120 valence electrons. The SMILES string of the molecule is CCn1cnn(CN(C)Cc2cnn(-c3ccccc3)c2)c1=S. The molecule has 3 aromatic rings. The van der Waals surface area contributed by atoms with Crippen molar-refractivity contribution in [2.45, 2.75) is 26.7 Å². The molecule has 0 saturated heterocycles. The minimum Gasteiger partial charge on any atom is -0.307 e. The summed E-state index contributed by atoms with van der Waals surface area (Å²) in [6.07, 6.45) is 5.73. The fourth-order valence-electron chi connectivity index (χ4n) is 2.44. The van der Waals surface area contributed by atoms with Crippen LogP contribution >= 0.6 is 12.2 Å².